The first-order valence-corrected chi connectivity index (χ1v) is 5.73. The van der Waals surface area contributed by atoms with Crippen LogP contribution in [0.1, 0.15) is 17.5 Å². The van der Waals surface area contributed by atoms with E-state index >= 15 is 0 Å². The molecule has 0 amide bonds. The predicted octanol–water partition coefficient (Wildman–Crippen LogP) is 0.416. The third-order valence-corrected chi connectivity index (χ3v) is 3.55. The van der Waals surface area contributed by atoms with Crippen molar-refractivity contribution in [3.05, 3.63) is 40.6 Å². The van der Waals surface area contributed by atoms with Gasteiger partial charge in [-0.25, -0.2) is 4.79 Å². The van der Waals surface area contributed by atoms with Crippen LogP contribution in [0.3, 0.4) is 0 Å². The smallest absolute Gasteiger partial charge is 0.393 e. The molecule has 1 heterocycles. The summed E-state index contributed by atoms with van der Waals surface area (Å²) >= 11 is 0. The first-order chi connectivity index (χ1) is 8.61. The van der Waals surface area contributed by atoms with Crippen LogP contribution in [0, 0.1) is 5.21 Å². The van der Waals surface area contributed by atoms with E-state index in [1.807, 2.05) is 12.1 Å². The number of carboxylic acid groups (broad SMARTS) is 1. The van der Waals surface area contributed by atoms with E-state index in [1.54, 1.807) is 12.1 Å². The molecule has 3 rings (SSSR count). The molecule has 0 aromatic heterocycles. The molecule has 0 radical (unpaired) electrons. The Kier molecular flexibility index (Phi) is 2.36. The highest BCUT2D eigenvalue weighted by molar-refractivity contribution is 6.04. The summed E-state index contributed by atoms with van der Waals surface area (Å²) in [5, 5.41) is 31.5. The third-order valence-electron chi connectivity index (χ3n) is 3.55. The second-order valence-corrected chi connectivity index (χ2v) is 4.51. The van der Waals surface area contributed by atoms with E-state index in [2.05, 4.69) is 0 Å². The summed E-state index contributed by atoms with van der Waals surface area (Å²) in [6.45, 7) is 0. The van der Waals surface area contributed by atoms with Gasteiger partial charge >= 0.3 is 12.1 Å². The van der Waals surface area contributed by atoms with Gasteiger partial charge < -0.3 is 15.5 Å². The van der Waals surface area contributed by atoms with Gasteiger partial charge in [-0.2, -0.15) is 4.74 Å². The maximum Gasteiger partial charge on any atom is 0.393 e. The van der Waals surface area contributed by atoms with Crippen LogP contribution < -0.4 is 0 Å². The molecule has 0 fully saturated rings. The zero-order valence-electron chi connectivity index (χ0n) is 9.48. The van der Waals surface area contributed by atoms with E-state index in [-0.39, 0.29) is 0 Å². The number of nitrogens with zero attached hydrogens (tertiary/aromatic N) is 2. The zero-order valence-corrected chi connectivity index (χ0v) is 9.48. The molecule has 2 aliphatic rings. The molecular weight excluding hydrogens is 236 g/mol. The highest BCUT2D eigenvalue weighted by atomic mass is 16.6. The molecular formula is C12H12N2O4. The number of benzene rings is 1. The number of rotatable bonds is 1. The number of hydroxylamine groups is 3. The van der Waals surface area contributed by atoms with Crippen LogP contribution in [0.2, 0.25) is 0 Å². The Morgan fingerprint density at radius 1 is 1.44 bits per heavy atom. The van der Waals surface area contributed by atoms with E-state index < -0.39 is 18.2 Å². The molecule has 1 aromatic rings. The van der Waals surface area contributed by atoms with Crippen LogP contribution in [-0.4, -0.2) is 44.0 Å². The van der Waals surface area contributed by atoms with Gasteiger partial charge in [0.15, 0.2) is 0 Å². The lowest BCUT2D eigenvalue weighted by atomic mass is 9.87. The summed E-state index contributed by atoms with van der Waals surface area (Å²) < 4.78 is 0.408. The summed E-state index contributed by atoms with van der Waals surface area (Å²) in [5.41, 5.74) is 2.11. The highest BCUT2D eigenvalue weighted by Gasteiger charge is 2.51. The van der Waals surface area contributed by atoms with Gasteiger partial charge in [0.25, 0.3) is 0 Å². The molecule has 94 valence electrons. The lowest BCUT2D eigenvalue weighted by Gasteiger charge is -2.22. The summed E-state index contributed by atoms with van der Waals surface area (Å²) in [6.07, 6.45) is -0.274. The molecule has 1 aromatic carbocycles. The Bertz CT molecular complexity index is 555. The first-order valence-electron chi connectivity index (χ1n) is 5.73. The largest absolute Gasteiger partial charge is 0.622 e. The van der Waals surface area contributed by atoms with E-state index in [0.29, 0.717) is 21.9 Å². The van der Waals surface area contributed by atoms with Gasteiger partial charge in [-0.3, -0.25) is 0 Å². The van der Waals surface area contributed by atoms with Gasteiger partial charge in [-0.05, 0) is 24.5 Å². The number of aliphatic carboxylic acids is 1. The van der Waals surface area contributed by atoms with Crippen molar-refractivity contribution >= 4 is 11.7 Å². The minimum absolute atomic E-state index is 0.353. The van der Waals surface area contributed by atoms with Crippen LogP contribution >= 0.6 is 0 Å². The van der Waals surface area contributed by atoms with Crippen LogP contribution in [0.15, 0.2) is 24.3 Å². The molecule has 0 spiro atoms. The molecule has 2 atom stereocenters. The van der Waals surface area contributed by atoms with Crippen molar-refractivity contribution in [3.63, 3.8) is 0 Å². The SMILES string of the molecule is O=C(O)C1N(O)C2CCc3ccccc3C2=[N+]1[O-]. The Balaban J connectivity index is 2.17. The average molecular weight is 248 g/mol. The minimum Gasteiger partial charge on any atom is -0.622 e. The van der Waals surface area contributed by atoms with E-state index in [4.69, 9.17) is 5.11 Å². The maximum absolute atomic E-state index is 12.1. The van der Waals surface area contributed by atoms with Crippen molar-refractivity contribution in [2.75, 3.05) is 0 Å². The Morgan fingerprint density at radius 2 is 2.17 bits per heavy atom. The fourth-order valence-corrected chi connectivity index (χ4v) is 2.74. The summed E-state index contributed by atoms with van der Waals surface area (Å²) in [6, 6.07) is 6.87. The van der Waals surface area contributed by atoms with Gasteiger partial charge in [-0.1, -0.05) is 18.2 Å². The van der Waals surface area contributed by atoms with Crippen molar-refractivity contribution in [2.45, 2.75) is 25.0 Å². The number of carboxylic acids is 1. The van der Waals surface area contributed by atoms with E-state index in [0.717, 1.165) is 17.5 Å². The Hall–Kier alpha value is -1.92. The second kappa shape index (κ2) is 3.79. The quantitative estimate of drug-likeness (QED) is 0.555. The van der Waals surface area contributed by atoms with E-state index in [1.165, 1.54) is 0 Å². The number of carbonyl (C=O) groups is 1. The molecule has 0 saturated heterocycles. The molecule has 0 saturated carbocycles. The fourth-order valence-electron chi connectivity index (χ4n) is 2.74. The number of hydrogen-bond acceptors (Lipinski definition) is 4. The lowest BCUT2D eigenvalue weighted by molar-refractivity contribution is -0.521. The lowest BCUT2D eigenvalue weighted by Crippen LogP contribution is -2.44. The standard InChI is InChI=1S/C12H12N2O4/c15-12(16)11-13(17)9-6-5-7-3-1-2-4-8(7)10(9)14(11)18/h1-4,9,11,17H,5-6H2,(H,15,16). The molecule has 1 aliphatic heterocycles. The summed E-state index contributed by atoms with van der Waals surface area (Å²) in [4.78, 5) is 11.0. The number of aryl methyl sites for hydroxylation is 1. The van der Waals surface area contributed by atoms with Crippen molar-refractivity contribution in [3.8, 4) is 0 Å². The van der Waals surface area contributed by atoms with Crippen LogP contribution in [0.5, 0.6) is 0 Å². The average Bonchev–Trinajstić information content (AvgIpc) is 2.62. The summed E-state index contributed by atoms with van der Waals surface area (Å²) in [7, 11) is 0. The van der Waals surface area contributed by atoms with Gasteiger partial charge in [0.05, 0.1) is 0 Å². The number of fused-ring (bicyclic) bond motifs is 3. The molecule has 1 aliphatic carbocycles. The van der Waals surface area contributed by atoms with Crippen molar-refractivity contribution < 1.29 is 19.8 Å². The molecule has 2 unspecified atom stereocenters. The van der Waals surface area contributed by atoms with E-state index in [9.17, 15) is 15.2 Å². The van der Waals surface area contributed by atoms with Crippen molar-refractivity contribution in [2.24, 2.45) is 0 Å². The van der Waals surface area contributed by atoms with Gasteiger partial charge in [0.1, 0.15) is 6.04 Å². The van der Waals surface area contributed by atoms with Crippen molar-refractivity contribution in [1.82, 2.24) is 5.06 Å². The molecule has 18 heavy (non-hydrogen) atoms. The molecule has 2 N–H and O–H groups in total. The molecule has 0 bridgehead atoms. The number of hydrogen-bond donors (Lipinski definition) is 2. The summed E-state index contributed by atoms with van der Waals surface area (Å²) in [5.74, 6) is -1.34. The minimum atomic E-state index is -1.55. The van der Waals surface area contributed by atoms with Crippen LogP contribution in [0.25, 0.3) is 0 Å². The van der Waals surface area contributed by atoms with Crippen LogP contribution in [-0.2, 0) is 11.2 Å². The topological polar surface area (TPSA) is 86.8 Å². The highest BCUT2D eigenvalue weighted by Crippen LogP contribution is 2.29. The zero-order chi connectivity index (χ0) is 12.9. The van der Waals surface area contributed by atoms with Crippen LogP contribution in [0.4, 0.5) is 0 Å². The molecule has 6 heteroatoms. The normalized spacial score (nSPS) is 26.9. The third kappa shape index (κ3) is 1.36. The first kappa shape index (κ1) is 11.2. The van der Waals surface area contributed by atoms with Gasteiger partial charge in [0, 0.05) is 5.56 Å². The maximum atomic E-state index is 12.1. The van der Waals surface area contributed by atoms with Gasteiger partial charge in [-0.15, -0.1) is 5.06 Å². The Labute approximate surface area is 103 Å². The monoisotopic (exact) mass is 248 g/mol. The predicted molar refractivity (Wildman–Crippen MR) is 61.3 cm³/mol. The Morgan fingerprint density at radius 3 is 2.89 bits per heavy atom. The van der Waals surface area contributed by atoms with Gasteiger partial charge in [0.2, 0.25) is 5.71 Å². The van der Waals surface area contributed by atoms with Crippen molar-refractivity contribution in [1.29, 1.82) is 0 Å². The fraction of sp³-hybridized carbons (Fsp3) is 0.333. The molecule has 6 nitrogen and oxygen atoms in total. The second-order valence-electron chi connectivity index (χ2n) is 4.51.